The van der Waals surface area contributed by atoms with Gasteiger partial charge in [0.2, 0.25) is 0 Å². The van der Waals surface area contributed by atoms with E-state index in [1.54, 1.807) is 0 Å². The predicted molar refractivity (Wildman–Crippen MR) is 71.3 cm³/mol. The Kier molecular flexibility index (Phi) is 4.57. The maximum atomic E-state index is 5.75. The van der Waals surface area contributed by atoms with E-state index in [2.05, 4.69) is 43.4 Å². The number of nitrogens with one attached hydrogen (secondary N) is 1. The minimum absolute atomic E-state index is 0.235. The zero-order valence-corrected chi connectivity index (χ0v) is 10.9. The standard InChI is InChI=1S/C15H23NO/c1-3-4-12(2)13-5-7-14(8-6-13)15-11-16-9-10-17-15/h5-8,12,15-16H,3-4,9-11H2,1-2H3. The van der Waals surface area contributed by atoms with Crippen LogP contribution in [0.3, 0.4) is 0 Å². The van der Waals surface area contributed by atoms with Crippen LogP contribution in [0.15, 0.2) is 24.3 Å². The summed E-state index contributed by atoms with van der Waals surface area (Å²) < 4.78 is 5.75. The van der Waals surface area contributed by atoms with Gasteiger partial charge in [0.15, 0.2) is 0 Å². The smallest absolute Gasteiger partial charge is 0.0949 e. The maximum Gasteiger partial charge on any atom is 0.0949 e. The highest BCUT2D eigenvalue weighted by Crippen LogP contribution is 2.24. The van der Waals surface area contributed by atoms with Gasteiger partial charge in [-0.2, -0.15) is 0 Å². The average molecular weight is 233 g/mol. The summed E-state index contributed by atoms with van der Waals surface area (Å²) in [7, 11) is 0. The minimum atomic E-state index is 0.235. The predicted octanol–water partition coefficient (Wildman–Crippen LogP) is 3.25. The fourth-order valence-electron chi connectivity index (χ4n) is 2.42. The van der Waals surface area contributed by atoms with E-state index in [4.69, 9.17) is 4.74 Å². The van der Waals surface area contributed by atoms with Crippen LogP contribution in [0.2, 0.25) is 0 Å². The monoisotopic (exact) mass is 233 g/mol. The van der Waals surface area contributed by atoms with E-state index in [0.717, 1.165) is 19.7 Å². The number of morpholine rings is 1. The SMILES string of the molecule is CCCC(C)c1ccc(C2CNCCO2)cc1. The van der Waals surface area contributed by atoms with Crippen LogP contribution in [0.5, 0.6) is 0 Å². The first kappa shape index (κ1) is 12.6. The van der Waals surface area contributed by atoms with Gasteiger partial charge in [-0.25, -0.2) is 0 Å². The van der Waals surface area contributed by atoms with Crippen LogP contribution >= 0.6 is 0 Å². The molecule has 2 nitrogen and oxygen atoms in total. The zero-order valence-electron chi connectivity index (χ0n) is 10.9. The van der Waals surface area contributed by atoms with E-state index < -0.39 is 0 Å². The lowest BCUT2D eigenvalue weighted by Gasteiger charge is -2.24. The Morgan fingerprint density at radius 3 is 2.71 bits per heavy atom. The molecule has 0 spiro atoms. The first-order chi connectivity index (χ1) is 8.31. The normalized spacial score (nSPS) is 22.4. The van der Waals surface area contributed by atoms with Gasteiger partial charge < -0.3 is 10.1 Å². The number of rotatable bonds is 4. The Hall–Kier alpha value is -0.860. The summed E-state index contributed by atoms with van der Waals surface area (Å²) in [6.07, 6.45) is 2.75. The van der Waals surface area contributed by atoms with Gasteiger partial charge in [0.05, 0.1) is 12.7 Å². The Bertz CT molecular complexity index is 327. The van der Waals surface area contributed by atoms with E-state index >= 15 is 0 Å². The van der Waals surface area contributed by atoms with Gasteiger partial charge in [0.1, 0.15) is 0 Å². The van der Waals surface area contributed by atoms with Gasteiger partial charge in [0.25, 0.3) is 0 Å². The summed E-state index contributed by atoms with van der Waals surface area (Å²) in [5.41, 5.74) is 2.74. The van der Waals surface area contributed by atoms with Crippen molar-refractivity contribution in [2.75, 3.05) is 19.7 Å². The Labute approximate surface area is 104 Å². The van der Waals surface area contributed by atoms with Gasteiger partial charge in [0, 0.05) is 13.1 Å². The van der Waals surface area contributed by atoms with E-state index in [-0.39, 0.29) is 6.10 Å². The molecule has 94 valence electrons. The van der Waals surface area contributed by atoms with Crippen molar-refractivity contribution in [3.8, 4) is 0 Å². The number of hydrogen-bond donors (Lipinski definition) is 1. The zero-order chi connectivity index (χ0) is 12.1. The lowest BCUT2D eigenvalue weighted by atomic mass is 9.95. The molecule has 1 aliphatic rings. The second-order valence-electron chi connectivity index (χ2n) is 4.92. The van der Waals surface area contributed by atoms with Crippen molar-refractivity contribution in [2.24, 2.45) is 0 Å². The van der Waals surface area contributed by atoms with Gasteiger partial charge in [-0.15, -0.1) is 0 Å². The topological polar surface area (TPSA) is 21.3 Å². The maximum absolute atomic E-state index is 5.75. The van der Waals surface area contributed by atoms with Gasteiger partial charge in [-0.3, -0.25) is 0 Å². The molecule has 0 radical (unpaired) electrons. The van der Waals surface area contributed by atoms with Crippen molar-refractivity contribution >= 4 is 0 Å². The van der Waals surface area contributed by atoms with Gasteiger partial charge >= 0.3 is 0 Å². The molecule has 0 aliphatic carbocycles. The van der Waals surface area contributed by atoms with Crippen molar-refractivity contribution in [3.63, 3.8) is 0 Å². The van der Waals surface area contributed by atoms with Gasteiger partial charge in [-0.1, -0.05) is 44.5 Å². The van der Waals surface area contributed by atoms with Crippen molar-refractivity contribution in [2.45, 2.75) is 38.7 Å². The Morgan fingerprint density at radius 2 is 2.12 bits per heavy atom. The van der Waals surface area contributed by atoms with Crippen LogP contribution in [0, 0.1) is 0 Å². The molecule has 0 bridgehead atoms. The van der Waals surface area contributed by atoms with Crippen molar-refractivity contribution in [1.29, 1.82) is 0 Å². The Morgan fingerprint density at radius 1 is 1.35 bits per heavy atom. The van der Waals surface area contributed by atoms with Gasteiger partial charge in [-0.05, 0) is 23.5 Å². The van der Waals surface area contributed by atoms with Crippen LogP contribution in [-0.4, -0.2) is 19.7 Å². The minimum Gasteiger partial charge on any atom is -0.371 e. The molecule has 1 N–H and O–H groups in total. The largest absolute Gasteiger partial charge is 0.371 e. The molecule has 1 heterocycles. The lowest BCUT2D eigenvalue weighted by molar-refractivity contribution is 0.0277. The quantitative estimate of drug-likeness (QED) is 0.862. The first-order valence-electron chi connectivity index (χ1n) is 6.73. The molecule has 0 amide bonds. The van der Waals surface area contributed by atoms with Crippen molar-refractivity contribution in [1.82, 2.24) is 5.32 Å². The third-order valence-corrected chi connectivity index (χ3v) is 3.53. The highest BCUT2D eigenvalue weighted by Gasteiger charge is 2.15. The molecule has 1 aromatic rings. The molecule has 17 heavy (non-hydrogen) atoms. The second-order valence-corrected chi connectivity index (χ2v) is 4.92. The first-order valence-corrected chi connectivity index (χ1v) is 6.73. The Balaban J connectivity index is 2.01. The van der Waals surface area contributed by atoms with Crippen LogP contribution in [0.1, 0.15) is 49.8 Å². The summed E-state index contributed by atoms with van der Waals surface area (Å²) in [6.45, 7) is 7.27. The summed E-state index contributed by atoms with van der Waals surface area (Å²) in [5, 5.41) is 3.37. The number of benzene rings is 1. The second kappa shape index (κ2) is 6.18. The third kappa shape index (κ3) is 3.30. The van der Waals surface area contributed by atoms with Crippen molar-refractivity contribution in [3.05, 3.63) is 35.4 Å². The molecule has 0 saturated carbocycles. The molecular weight excluding hydrogens is 210 g/mol. The molecule has 1 saturated heterocycles. The molecule has 2 rings (SSSR count). The summed E-state index contributed by atoms with van der Waals surface area (Å²) >= 11 is 0. The van der Waals surface area contributed by atoms with E-state index in [0.29, 0.717) is 5.92 Å². The number of hydrogen-bond acceptors (Lipinski definition) is 2. The summed E-state index contributed by atoms with van der Waals surface area (Å²) in [4.78, 5) is 0. The fraction of sp³-hybridized carbons (Fsp3) is 0.600. The van der Waals surface area contributed by atoms with Crippen LogP contribution < -0.4 is 5.32 Å². The fourth-order valence-corrected chi connectivity index (χ4v) is 2.42. The van der Waals surface area contributed by atoms with Crippen molar-refractivity contribution < 1.29 is 4.74 Å². The molecule has 2 unspecified atom stereocenters. The molecule has 1 aromatic carbocycles. The average Bonchev–Trinajstić information content (AvgIpc) is 2.40. The lowest BCUT2D eigenvalue weighted by Crippen LogP contribution is -2.33. The van der Waals surface area contributed by atoms with Crippen LogP contribution in [-0.2, 0) is 4.74 Å². The van der Waals surface area contributed by atoms with E-state index in [9.17, 15) is 0 Å². The molecule has 2 atom stereocenters. The van der Waals surface area contributed by atoms with Crippen LogP contribution in [0.4, 0.5) is 0 Å². The molecule has 1 aliphatic heterocycles. The highest BCUT2D eigenvalue weighted by molar-refractivity contribution is 5.26. The third-order valence-electron chi connectivity index (χ3n) is 3.53. The molecule has 2 heteroatoms. The van der Waals surface area contributed by atoms with E-state index in [1.807, 2.05) is 0 Å². The molecule has 0 aromatic heterocycles. The summed E-state index contributed by atoms with van der Waals surface area (Å²) in [6, 6.07) is 8.96. The summed E-state index contributed by atoms with van der Waals surface area (Å²) in [5.74, 6) is 0.666. The number of ether oxygens (including phenoxy) is 1. The molecule has 1 fully saturated rings. The highest BCUT2D eigenvalue weighted by atomic mass is 16.5. The molecular formula is C15H23NO. The van der Waals surface area contributed by atoms with Crippen LogP contribution in [0.25, 0.3) is 0 Å². The van der Waals surface area contributed by atoms with E-state index in [1.165, 1.54) is 24.0 Å².